The van der Waals surface area contributed by atoms with Gasteiger partial charge >= 0.3 is 18.2 Å². The smallest absolute Gasteiger partial charge is 0.420 e. The van der Waals surface area contributed by atoms with Crippen LogP contribution in [0.4, 0.5) is 28.4 Å². The fourth-order valence-electron chi connectivity index (χ4n) is 7.44. The number of piperazine rings is 1. The van der Waals surface area contributed by atoms with Crippen LogP contribution in [-0.4, -0.2) is 132 Å². The first-order chi connectivity index (χ1) is 23.4. The first-order valence-electron chi connectivity index (χ1n) is 16.9. The predicted molar refractivity (Wildman–Crippen MR) is 181 cm³/mol. The zero-order valence-electron chi connectivity index (χ0n) is 27.5. The summed E-state index contributed by atoms with van der Waals surface area (Å²) in [5.41, 5.74) is 0.714. The second-order valence-electron chi connectivity index (χ2n) is 13.5. The van der Waals surface area contributed by atoms with Crippen molar-refractivity contribution in [2.45, 2.75) is 62.8 Å². The van der Waals surface area contributed by atoms with Crippen LogP contribution in [0.2, 0.25) is 5.02 Å². The van der Waals surface area contributed by atoms with E-state index >= 15 is 0 Å². The number of likely N-dealkylation sites (tertiary alicyclic amines) is 2. The normalized spacial score (nSPS) is 21.2. The lowest BCUT2D eigenvalue weighted by atomic mass is 10.00. The van der Waals surface area contributed by atoms with Gasteiger partial charge < -0.3 is 35.3 Å². The number of phenols is 1. The van der Waals surface area contributed by atoms with Crippen molar-refractivity contribution in [3.8, 4) is 5.75 Å². The molecule has 3 N–H and O–H groups in total. The lowest BCUT2D eigenvalue weighted by molar-refractivity contribution is -0.138. The number of thiophene rings is 1. The van der Waals surface area contributed by atoms with Crippen LogP contribution in [-0.2, 0) is 23.8 Å². The standard InChI is InChI=1S/C33H43ClF3N7O4S/c1-40-7-3-23(4-8-40)41-12-14-42(15-13-41)30(46)27(18-21-16-25(33(35,36)37)29(45)26(34)17-21)38-31(47)43-9-5-24(6-10-43)44-11-2-22-19-49-20-28(22)39-32(44)48/h16-17,19-20,23-24,27,45H,2-15,18H2,1H3,(H,38,47)(H,39,48)/t27-/m1/s1. The molecule has 0 bridgehead atoms. The summed E-state index contributed by atoms with van der Waals surface area (Å²) in [6, 6.07) is 0.555. The number of aromatic hydroxyl groups is 1. The maximum Gasteiger partial charge on any atom is 0.420 e. The van der Waals surface area contributed by atoms with Gasteiger partial charge in [0.1, 0.15) is 11.8 Å². The van der Waals surface area contributed by atoms with Crippen molar-refractivity contribution >= 4 is 46.6 Å². The van der Waals surface area contributed by atoms with Crippen molar-refractivity contribution < 1.29 is 32.7 Å². The third-order valence-electron chi connectivity index (χ3n) is 10.4. The molecule has 2 aromatic rings. The van der Waals surface area contributed by atoms with Gasteiger partial charge in [0.05, 0.1) is 16.3 Å². The molecule has 11 nitrogen and oxygen atoms in total. The van der Waals surface area contributed by atoms with E-state index in [4.69, 9.17) is 11.6 Å². The molecule has 49 heavy (non-hydrogen) atoms. The van der Waals surface area contributed by atoms with Crippen molar-refractivity contribution in [2.75, 3.05) is 71.3 Å². The van der Waals surface area contributed by atoms with Gasteiger partial charge in [-0.1, -0.05) is 11.6 Å². The molecule has 4 aliphatic heterocycles. The number of amides is 5. The first-order valence-corrected chi connectivity index (χ1v) is 18.2. The Labute approximate surface area is 292 Å². The summed E-state index contributed by atoms with van der Waals surface area (Å²) < 4.78 is 41.2. The van der Waals surface area contributed by atoms with Crippen molar-refractivity contribution in [2.24, 2.45) is 0 Å². The predicted octanol–water partition coefficient (Wildman–Crippen LogP) is 4.54. The SMILES string of the molecule is CN1CCC(N2CCN(C(=O)[C@@H](Cc3cc(Cl)c(O)c(C(F)(F)F)c3)NC(=O)N3CCC(N4CCc5cscc5NC4=O)CC3)CC2)CC1. The molecule has 1 aromatic heterocycles. The molecule has 6 rings (SSSR count). The summed E-state index contributed by atoms with van der Waals surface area (Å²) in [7, 11) is 2.11. The zero-order valence-corrected chi connectivity index (χ0v) is 29.0. The Hall–Kier alpha value is -3.27. The van der Waals surface area contributed by atoms with Crippen molar-refractivity contribution in [1.82, 2.24) is 29.8 Å². The van der Waals surface area contributed by atoms with Gasteiger partial charge in [0.15, 0.2) is 0 Å². The van der Waals surface area contributed by atoms with Gasteiger partial charge in [-0.3, -0.25) is 9.69 Å². The average Bonchev–Trinajstić information content (AvgIpc) is 3.45. The Morgan fingerprint density at radius 1 is 0.980 bits per heavy atom. The van der Waals surface area contributed by atoms with Crippen molar-refractivity contribution in [1.29, 1.82) is 0 Å². The summed E-state index contributed by atoms with van der Waals surface area (Å²) in [5.74, 6) is -1.45. The molecular weight excluding hydrogens is 683 g/mol. The Balaban J connectivity index is 1.12. The number of halogens is 4. The second kappa shape index (κ2) is 14.9. The highest BCUT2D eigenvalue weighted by molar-refractivity contribution is 7.08. The van der Waals surface area contributed by atoms with Gasteiger partial charge in [-0.25, -0.2) is 9.59 Å². The third-order valence-corrected chi connectivity index (χ3v) is 11.4. The van der Waals surface area contributed by atoms with E-state index in [1.54, 1.807) is 21.1 Å². The average molecular weight is 726 g/mol. The number of anilines is 1. The largest absolute Gasteiger partial charge is 0.506 e. The number of benzene rings is 1. The number of piperidine rings is 2. The minimum absolute atomic E-state index is 0.0602. The van der Waals surface area contributed by atoms with Crippen LogP contribution >= 0.6 is 22.9 Å². The highest BCUT2D eigenvalue weighted by atomic mass is 35.5. The van der Waals surface area contributed by atoms with Crippen molar-refractivity contribution in [3.63, 3.8) is 0 Å². The Morgan fingerprint density at radius 3 is 2.33 bits per heavy atom. The van der Waals surface area contributed by atoms with E-state index in [9.17, 15) is 32.7 Å². The van der Waals surface area contributed by atoms with Crippen LogP contribution in [0.5, 0.6) is 5.75 Å². The molecule has 1 aromatic carbocycles. The number of nitrogens with one attached hydrogen (secondary N) is 2. The monoisotopic (exact) mass is 725 g/mol. The summed E-state index contributed by atoms with van der Waals surface area (Å²) in [6.45, 7) is 5.54. The van der Waals surface area contributed by atoms with Gasteiger partial charge in [0, 0.05) is 69.7 Å². The number of fused-ring (bicyclic) bond motifs is 1. The molecule has 0 unspecified atom stereocenters. The molecule has 16 heteroatoms. The zero-order chi connectivity index (χ0) is 34.9. The van der Waals surface area contributed by atoms with Crippen LogP contribution < -0.4 is 10.6 Å². The number of carbonyl (C=O) groups is 3. The van der Waals surface area contributed by atoms with Gasteiger partial charge in [-0.15, -0.1) is 11.3 Å². The number of nitrogens with zero attached hydrogens (tertiary/aromatic N) is 5. The maximum atomic E-state index is 14.0. The third kappa shape index (κ3) is 8.21. The quantitative estimate of drug-likeness (QED) is 0.404. The number of alkyl halides is 3. The summed E-state index contributed by atoms with van der Waals surface area (Å²) in [5, 5.41) is 19.3. The molecule has 3 fully saturated rings. The number of phenolic OH excluding ortho intramolecular Hbond substituents is 1. The topological polar surface area (TPSA) is 112 Å². The van der Waals surface area contributed by atoms with Crippen LogP contribution in [0.1, 0.15) is 42.4 Å². The minimum Gasteiger partial charge on any atom is -0.506 e. The van der Waals surface area contributed by atoms with E-state index in [-0.39, 0.29) is 30.0 Å². The number of hydrogen-bond acceptors (Lipinski definition) is 7. The Bertz CT molecular complexity index is 1520. The molecule has 0 spiro atoms. The molecular formula is C33H43ClF3N7O4S. The molecule has 5 amide bonds. The summed E-state index contributed by atoms with van der Waals surface area (Å²) in [4.78, 5) is 50.4. The summed E-state index contributed by atoms with van der Waals surface area (Å²) in [6.07, 6.45) is -1.15. The molecule has 5 heterocycles. The van der Waals surface area contributed by atoms with Crippen LogP contribution in [0.15, 0.2) is 22.9 Å². The van der Waals surface area contributed by atoms with E-state index in [2.05, 4.69) is 27.5 Å². The maximum absolute atomic E-state index is 14.0. The first kappa shape index (κ1) is 35.6. The molecule has 0 aliphatic carbocycles. The lowest BCUT2D eigenvalue weighted by Gasteiger charge is -2.43. The highest BCUT2D eigenvalue weighted by Gasteiger charge is 2.38. The van der Waals surface area contributed by atoms with E-state index in [0.29, 0.717) is 64.7 Å². The van der Waals surface area contributed by atoms with E-state index < -0.39 is 34.6 Å². The molecule has 0 saturated carbocycles. The van der Waals surface area contributed by atoms with Crippen LogP contribution in [0.25, 0.3) is 0 Å². The fourth-order valence-corrected chi connectivity index (χ4v) is 8.50. The minimum atomic E-state index is -4.86. The molecule has 4 aliphatic rings. The van der Waals surface area contributed by atoms with Crippen LogP contribution in [0, 0.1) is 0 Å². The molecule has 0 radical (unpaired) electrons. The Morgan fingerprint density at radius 2 is 1.65 bits per heavy atom. The Kier molecular flexibility index (Phi) is 10.8. The second-order valence-corrected chi connectivity index (χ2v) is 14.6. The summed E-state index contributed by atoms with van der Waals surface area (Å²) >= 11 is 7.55. The number of urea groups is 2. The number of rotatable bonds is 6. The van der Waals surface area contributed by atoms with Gasteiger partial charge in [-0.2, -0.15) is 13.2 Å². The fraction of sp³-hybridized carbons (Fsp3) is 0.606. The molecule has 268 valence electrons. The van der Waals surface area contributed by atoms with Crippen molar-refractivity contribution in [3.05, 3.63) is 44.6 Å². The van der Waals surface area contributed by atoms with Gasteiger partial charge in [-0.05, 0) is 80.9 Å². The highest BCUT2D eigenvalue weighted by Crippen LogP contribution is 2.40. The van der Waals surface area contributed by atoms with Gasteiger partial charge in [0.25, 0.3) is 0 Å². The van der Waals surface area contributed by atoms with E-state index in [0.717, 1.165) is 49.7 Å². The van der Waals surface area contributed by atoms with Crippen LogP contribution in [0.3, 0.4) is 0 Å². The number of carbonyl (C=O) groups excluding carboxylic acids is 3. The number of hydrogen-bond donors (Lipinski definition) is 3. The van der Waals surface area contributed by atoms with E-state index in [1.165, 1.54) is 6.07 Å². The van der Waals surface area contributed by atoms with Gasteiger partial charge in [0.2, 0.25) is 5.91 Å². The lowest BCUT2D eigenvalue weighted by Crippen LogP contribution is -2.59. The molecule has 3 saturated heterocycles. The van der Waals surface area contributed by atoms with E-state index in [1.807, 2.05) is 15.7 Å². The molecule has 1 atom stereocenters.